The molecule has 0 bridgehead atoms. The second-order valence-electron chi connectivity index (χ2n) is 7.20. The maximum Gasteiger partial charge on any atom is 0.165 e. The van der Waals surface area contributed by atoms with Crippen LogP contribution in [0.2, 0.25) is 0 Å². The number of nitrogens with one attached hydrogen (secondary N) is 1. The molecule has 26 heavy (non-hydrogen) atoms. The minimum absolute atomic E-state index is 0.112. The van der Waals surface area contributed by atoms with E-state index in [4.69, 9.17) is 4.74 Å². The van der Waals surface area contributed by atoms with E-state index in [9.17, 15) is 13.2 Å². The Bertz CT molecular complexity index is 704. The second-order valence-corrected chi connectivity index (χ2v) is 7.20. The third-order valence-corrected chi connectivity index (χ3v) is 5.59. The van der Waals surface area contributed by atoms with E-state index in [0.29, 0.717) is 19.6 Å². The molecule has 0 aromatic heterocycles. The van der Waals surface area contributed by atoms with E-state index in [2.05, 4.69) is 15.1 Å². The average molecular weight is 367 g/mol. The molecule has 2 fully saturated rings. The van der Waals surface area contributed by atoms with E-state index in [1.807, 2.05) is 0 Å². The minimum Gasteiger partial charge on any atom is -0.379 e. The van der Waals surface area contributed by atoms with Crippen molar-refractivity contribution in [3.05, 3.63) is 46.5 Å². The van der Waals surface area contributed by atoms with Crippen LogP contribution < -0.4 is 5.32 Å². The number of halogens is 3. The van der Waals surface area contributed by atoms with Crippen LogP contribution in [0.25, 0.3) is 0 Å². The Morgan fingerprint density at radius 1 is 1.12 bits per heavy atom. The number of rotatable bonds is 5. The molecule has 1 N–H and O–H groups in total. The van der Waals surface area contributed by atoms with Crippen molar-refractivity contribution in [3.8, 4) is 0 Å². The van der Waals surface area contributed by atoms with Gasteiger partial charge in [0.25, 0.3) is 0 Å². The first-order valence-corrected chi connectivity index (χ1v) is 9.28. The van der Waals surface area contributed by atoms with Gasteiger partial charge in [-0.05, 0) is 37.9 Å². The highest BCUT2D eigenvalue weighted by Gasteiger charge is 2.36. The zero-order chi connectivity index (χ0) is 18.1. The quantitative estimate of drug-likeness (QED) is 0.810. The van der Waals surface area contributed by atoms with Gasteiger partial charge in [-0.3, -0.25) is 4.90 Å². The molecule has 0 saturated carbocycles. The van der Waals surface area contributed by atoms with Gasteiger partial charge in [0.05, 0.1) is 19.9 Å². The van der Waals surface area contributed by atoms with E-state index < -0.39 is 17.5 Å². The topological polar surface area (TPSA) is 27.7 Å². The van der Waals surface area contributed by atoms with E-state index in [1.165, 1.54) is 0 Å². The molecule has 0 amide bonds. The first-order valence-electron chi connectivity index (χ1n) is 9.28. The van der Waals surface area contributed by atoms with E-state index in [1.54, 1.807) is 0 Å². The molecular formula is C19H24F3N3O. The SMILES string of the molecule is Fc1ccc(F)c([C@H]2CC3=C(CCCN4CCOCC4)NCN3C2)c1F. The van der Waals surface area contributed by atoms with E-state index in [-0.39, 0.29) is 11.5 Å². The summed E-state index contributed by atoms with van der Waals surface area (Å²) in [5.41, 5.74) is 2.18. The largest absolute Gasteiger partial charge is 0.379 e. The molecule has 0 radical (unpaired) electrons. The fourth-order valence-electron chi connectivity index (χ4n) is 4.22. The van der Waals surface area contributed by atoms with Gasteiger partial charge in [0.2, 0.25) is 0 Å². The molecule has 1 atom stereocenters. The molecule has 1 aromatic rings. The number of hydrogen-bond donors (Lipinski definition) is 1. The van der Waals surface area contributed by atoms with Crippen LogP contribution >= 0.6 is 0 Å². The molecule has 0 unspecified atom stereocenters. The summed E-state index contributed by atoms with van der Waals surface area (Å²) in [5.74, 6) is -3.01. The number of ether oxygens (including phenoxy) is 1. The normalized spacial score (nSPS) is 23.5. The first kappa shape index (κ1) is 17.7. The van der Waals surface area contributed by atoms with Gasteiger partial charge in [-0.2, -0.15) is 0 Å². The van der Waals surface area contributed by atoms with Gasteiger partial charge in [-0.1, -0.05) is 0 Å². The Morgan fingerprint density at radius 2 is 1.88 bits per heavy atom. The number of benzene rings is 1. The molecular weight excluding hydrogens is 343 g/mol. The Hall–Kier alpha value is -1.73. The van der Waals surface area contributed by atoms with Crippen LogP contribution in [0.4, 0.5) is 13.2 Å². The van der Waals surface area contributed by atoms with E-state index >= 15 is 0 Å². The predicted molar refractivity (Wildman–Crippen MR) is 91.9 cm³/mol. The lowest BCUT2D eigenvalue weighted by atomic mass is 9.95. The van der Waals surface area contributed by atoms with Crippen molar-refractivity contribution in [1.29, 1.82) is 0 Å². The fourth-order valence-corrected chi connectivity index (χ4v) is 4.22. The highest BCUT2D eigenvalue weighted by molar-refractivity contribution is 5.32. The van der Waals surface area contributed by atoms with Crippen LogP contribution in [0, 0.1) is 17.5 Å². The third-order valence-electron chi connectivity index (χ3n) is 5.59. The monoisotopic (exact) mass is 367 g/mol. The van der Waals surface area contributed by atoms with Crippen LogP contribution in [0.5, 0.6) is 0 Å². The van der Waals surface area contributed by atoms with Gasteiger partial charge in [0.1, 0.15) is 5.82 Å². The highest BCUT2D eigenvalue weighted by Crippen LogP contribution is 2.40. The van der Waals surface area contributed by atoms with Crippen molar-refractivity contribution < 1.29 is 17.9 Å². The Kier molecular flexibility index (Phi) is 5.09. The first-order chi connectivity index (χ1) is 12.6. The van der Waals surface area contributed by atoms with Crippen molar-refractivity contribution in [2.45, 2.75) is 25.2 Å². The average Bonchev–Trinajstić information content (AvgIpc) is 3.21. The van der Waals surface area contributed by atoms with Gasteiger partial charge in [0.15, 0.2) is 11.6 Å². The lowest BCUT2D eigenvalue weighted by Gasteiger charge is -2.26. The number of morpholine rings is 1. The van der Waals surface area contributed by atoms with Gasteiger partial charge in [0, 0.05) is 42.5 Å². The second kappa shape index (κ2) is 7.48. The Labute approximate surface area is 151 Å². The molecule has 7 heteroatoms. The minimum atomic E-state index is -1.04. The molecule has 4 nitrogen and oxygen atoms in total. The van der Waals surface area contributed by atoms with Crippen molar-refractivity contribution in [1.82, 2.24) is 15.1 Å². The van der Waals surface area contributed by atoms with Crippen LogP contribution in [0.1, 0.15) is 30.7 Å². The number of fused-ring (bicyclic) bond motifs is 1. The van der Waals surface area contributed by atoms with Crippen LogP contribution in [-0.2, 0) is 4.74 Å². The summed E-state index contributed by atoms with van der Waals surface area (Å²) in [6.07, 6.45) is 2.51. The summed E-state index contributed by atoms with van der Waals surface area (Å²) >= 11 is 0. The number of hydrogen-bond acceptors (Lipinski definition) is 4. The van der Waals surface area contributed by atoms with Gasteiger partial charge in [-0.25, -0.2) is 13.2 Å². The molecule has 3 aliphatic rings. The summed E-state index contributed by atoms with van der Waals surface area (Å²) in [6.45, 7) is 5.76. The predicted octanol–water partition coefficient (Wildman–Crippen LogP) is 2.78. The number of allylic oxidation sites excluding steroid dienone is 2. The third kappa shape index (κ3) is 3.42. The Morgan fingerprint density at radius 3 is 2.69 bits per heavy atom. The van der Waals surface area contributed by atoms with Crippen molar-refractivity contribution >= 4 is 0 Å². The van der Waals surface area contributed by atoms with E-state index in [0.717, 1.165) is 69.2 Å². The number of nitrogens with zero attached hydrogens (tertiary/aromatic N) is 2. The Balaban J connectivity index is 1.41. The molecule has 142 valence electrons. The summed E-state index contributed by atoms with van der Waals surface area (Å²) < 4.78 is 47.1. The molecule has 0 spiro atoms. The van der Waals surface area contributed by atoms with Crippen LogP contribution in [0.15, 0.2) is 23.5 Å². The standard InChI is InChI=1S/C19H24F3N3O/c20-14-3-4-15(21)19(22)18(14)13-10-17-16(23-12-25(17)11-13)2-1-5-24-6-8-26-9-7-24/h3-4,13,23H,1-2,5-12H2/t13-/m0/s1. The zero-order valence-corrected chi connectivity index (χ0v) is 14.7. The summed E-state index contributed by atoms with van der Waals surface area (Å²) in [7, 11) is 0. The summed E-state index contributed by atoms with van der Waals surface area (Å²) in [4.78, 5) is 4.52. The maximum absolute atomic E-state index is 14.1. The summed E-state index contributed by atoms with van der Waals surface area (Å²) in [6, 6.07) is 1.87. The molecule has 3 heterocycles. The van der Waals surface area contributed by atoms with Crippen molar-refractivity contribution in [2.24, 2.45) is 0 Å². The van der Waals surface area contributed by atoms with Gasteiger partial charge < -0.3 is 15.0 Å². The van der Waals surface area contributed by atoms with Gasteiger partial charge in [-0.15, -0.1) is 0 Å². The zero-order valence-electron chi connectivity index (χ0n) is 14.7. The van der Waals surface area contributed by atoms with Crippen molar-refractivity contribution in [3.63, 3.8) is 0 Å². The fraction of sp³-hybridized carbons (Fsp3) is 0.579. The highest BCUT2D eigenvalue weighted by atomic mass is 19.2. The molecule has 0 aliphatic carbocycles. The smallest absolute Gasteiger partial charge is 0.165 e. The molecule has 1 aromatic carbocycles. The molecule has 4 rings (SSSR count). The molecule has 3 aliphatic heterocycles. The maximum atomic E-state index is 14.1. The molecule has 2 saturated heterocycles. The van der Waals surface area contributed by atoms with Crippen LogP contribution in [0.3, 0.4) is 0 Å². The lowest BCUT2D eigenvalue weighted by Crippen LogP contribution is -2.36. The van der Waals surface area contributed by atoms with Gasteiger partial charge >= 0.3 is 0 Å². The van der Waals surface area contributed by atoms with Crippen LogP contribution in [-0.4, -0.2) is 55.9 Å². The lowest BCUT2D eigenvalue weighted by molar-refractivity contribution is 0.0374. The summed E-state index contributed by atoms with van der Waals surface area (Å²) in [5, 5.41) is 3.41. The van der Waals surface area contributed by atoms with Crippen molar-refractivity contribution in [2.75, 3.05) is 46.1 Å².